The zero-order valence-electron chi connectivity index (χ0n) is 9.81. The summed E-state index contributed by atoms with van der Waals surface area (Å²) < 4.78 is 15.0. The van der Waals surface area contributed by atoms with Gasteiger partial charge in [0.25, 0.3) is 0 Å². The monoisotopic (exact) mass is 371 g/mol. The zero-order chi connectivity index (χ0) is 13.1. The fourth-order valence-corrected chi connectivity index (χ4v) is 2.72. The summed E-state index contributed by atoms with van der Waals surface area (Å²) in [5, 5.41) is 3.30. The number of hydrogen-bond acceptors (Lipinski definition) is 1. The van der Waals surface area contributed by atoms with Crippen LogP contribution in [0.3, 0.4) is 0 Å². The molecule has 0 spiro atoms. The summed E-state index contributed by atoms with van der Waals surface area (Å²) in [6, 6.07) is 10.9. The lowest BCUT2D eigenvalue weighted by molar-refractivity contribution is 0.625. The van der Waals surface area contributed by atoms with Crippen molar-refractivity contribution in [2.75, 3.05) is 5.32 Å². The molecule has 2 aromatic carbocycles. The van der Waals surface area contributed by atoms with Crippen molar-refractivity contribution >= 4 is 37.5 Å². The molecule has 1 N–H and O–H groups in total. The highest BCUT2D eigenvalue weighted by Crippen LogP contribution is 2.21. The van der Waals surface area contributed by atoms with E-state index in [1.54, 1.807) is 0 Å². The third-order valence-electron chi connectivity index (χ3n) is 2.59. The van der Waals surface area contributed by atoms with Gasteiger partial charge in [-0.25, -0.2) is 4.39 Å². The summed E-state index contributed by atoms with van der Waals surface area (Å²) in [5.74, 6) is -0.228. The lowest BCUT2D eigenvalue weighted by atomic mass is 10.2. The van der Waals surface area contributed by atoms with E-state index in [1.165, 1.54) is 12.1 Å². The van der Waals surface area contributed by atoms with Gasteiger partial charge in [0.05, 0.1) is 0 Å². The van der Waals surface area contributed by atoms with E-state index in [1.807, 2.05) is 31.2 Å². The predicted octanol–water partition coefficient (Wildman–Crippen LogP) is 5.27. The second kappa shape index (κ2) is 5.85. The summed E-state index contributed by atoms with van der Waals surface area (Å²) >= 11 is 6.72. The summed E-state index contributed by atoms with van der Waals surface area (Å²) in [5.41, 5.74) is 3.11. The van der Waals surface area contributed by atoms with Gasteiger partial charge in [-0.1, -0.05) is 31.9 Å². The Morgan fingerprint density at radius 3 is 2.50 bits per heavy atom. The van der Waals surface area contributed by atoms with Crippen LogP contribution in [0, 0.1) is 12.7 Å². The van der Waals surface area contributed by atoms with Gasteiger partial charge in [0.15, 0.2) is 0 Å². The molecule has 0 radical (unpaired) electrons. The van der Waals surface area contributed by atoms with Gasteiger partial charge in [0.1, 0.15) is 5.82 Å². The third-order valence-corrected chi connectivity index (χ3v) is 3.54. The highest BCUT2D eigenvalue weighted by molar-refractivity contribution is 9.10. The maximum Gasteiger partial charge on any atom is 0.124 e. The second-order valence-electron chi connectivity index (χ2n) is 4.09. The van der Waals surface area contributed by atoms with Crippen LogP contribution in [0.4, 0.5) is 10.1 Å². The Balaban J connectivity index is 2.11. The summed E-state index contributed by atoms with van der Waals surface area (Å²) in [6.07, 6.45) is 0. The SMILES string of the molecule is Cc1cc(Br)ccc1NCc1cc(F)cc(Br)c1. The maximum atomic E-state index is 13.2. The first kappa shape index (κ1) is 13.6. The third kappa shape index (κ3) is 3.56. The predicted molar refractivity (Wildman–Crippen MR) is 80.3 cm³/mol. The molecule has 0 fully saturated rings. The van der Waals surface area contributed by atoms with E-state index in [2.05, 4.69) is 37.2 Å². The Morgan fingerprint density at radius 2 is 1.83 bits per heavy atom. The van der Waals surface area contributed by atoms with E-state index in [9.17, 15) is 4.39 Å². The van der Waals surface area contributed by atoms with Crippen molar-refractivity contribution in [1.82, 2.24) is 0 Å². The molecule has 0 bridgehead atoms. The van der Waals surface area contributed by atoms with Crippen LogP contribution in [0.15, 0.2) is 45.3 Å². The smallest absolute Gasteiger partial charge is 0.124 e. The highest BCUT2D eigenvalue weighted by Gasteiger charge is 2.01. The van der Waals surface area contributed by atoms with E-state index in [4.69, 9.17) is 0 Å². The molecule has 0 unspecified atom stereocenters. The summed E-state index contributed by atoms with van der Waals surface area (Å²) in [7, 11) is 0. The number of benzene rings is 2. The molecule has 0 saturated heterocycles. The van der Waals surface area contributed by atoms with Gasteiger partial charge in [-0.05, 0) is 54.4 Å². The highest BCUT2D eigenvalue weighted by atomic mass is 79.9. The van der Waals surface area contributed by atoms with Crippen molar-refractivity contribution in [3.8, 4) is 0 Å². The fraction of sp³-hybridized carbons (Fsp3) is 0.143. The molecule has 0 atom stereocenters. The van der Waals surface area contributed by atoms with Crippen LogP contribution in [-0.2, 0) is 6.54 Å². The minimum atomic E-state index is -0.228. The number of anilines is 1. The Kier molecular flexibility index (Phi) is 4.40. The second-order valence-corrected chi connectivity index (χ2v) is 5.92. The largest absolute Gasteiger partial charge is 0.381 e. The van der Waals surface area contributed by atoms with E-state index >= 15 is 0 Å². The average molecular weight is 373 g/mol. The minimum Gasteiger partial charge on any atom is -0.381 e. The lowest BCUT2D eigenvalue weighted by Gasteiger charge is -2.10. The van der Waals surface area contributed by atoms with Crippen molar-refractivity contribution in [2.24, 2.45) is 0 Å². The van der Waals surface area contributed by atoms with Crippen LogP contribution in [0.1, 0.15) is 11.1 Å². The van der Waals surface area contributed by atoms with Gasteiger partial charge in [0.2, 0.25) is 0 Å². The number of aryl methyl sites for hydroxylation is 1. The van der Waals surface area contributed by atoms with Gasteiger partial charge >= 0.3 is 0 Å². The van der Waals surface area contributed by atoms with Gasteiger partial charge < -0.3 is 5.32 Å². The van der Waals surface area contributed by atoms with E-state index < -0.39 is 0 Å². The van der Waals surface area contributed by atoms with Crippen LogP contribution in [-0.4, -0.2) is 0 Å². The molecule has 4 heteroatoms. The molecule has 0 amide bonds. The number of halogens is 3. The quantitative estimate of drug-likeness (QED) is 0.773. The lowest BCUT2D eigenvalue weighted by Crippen LogP contribution is -2.01. The maximum absolute atomic E-state index is 13.2. The normalized spacial score (nSPS) is 10.4. The molecule has 0 aliphatic carbocycles. The molecule has 94 valence electrons. The Hall–Kier alpha value is -0.870. The topological polar surface area (TPSA) is 12.0 Å². The molecule has 0 aromatic heterocycles. The number of hydrogen-bond donors (Lipinski definition) is 1. The summed E-state index contributed by atoms with van der Waals surface area (Å²) in [4.78, 5) is 0. The first-order valence-electron chi connectivity index (χ1n) is 5.49. The molecule has 0 aliphatic rings. The number of nitrogens with one attached hydrogen (secondary N) is 1. The Labute approximate surface area is 123 Å². The van der Waals surface area contributed by atoms with Gasteiger partial charge in [-0.3, -0.25) is 0 Å². The van der Waals surface area contributed by atoms with Crippen molar-refractivity contribution in [3.63, 3.8) is 0 Å². The van der Waals surface area contributed by atoms with Gasteiger partial charge in [-0.2, -0.15) is 0 Å². The fourth-order valence-electron chi connectivity index (χ4n) is 1.74. The molecule has 0 aliphatic heterocycles. The van der Waals surface area contributed by atoms with Crippen molar-refractivity contribution in [1.29, 1.82) is 0 Å². The summed E-state index contributed by atoms with van der Waals surface area (Å²) in [6.45, 7) is 2.63. The van der Waals surface area contributed by atoms with E-state index in [0.29, 0.717) is 6.54 Å². The van der Waals surface area contributed by atoms with E-state index in [-0.39, 0.29) is 5.82 Å². The van der Waals surface area contributed by atoms with Crippen molar-refractivity contribution in [2.45, 2.75) is 13.5 Å². The minimum absolute atomic E-state index is 0.228. The van der Waals surface area contributed by atoms with Crippen LogP contribution in [0.25, 0.3) is 0 Å². The Morgan fingerprint density at radius 1 is 1.06 bits per heavy atom. The van der Waals surface area contributed by atoms with Crippen molar-refractivity contribution in [3.05, 3.63) is 62.3 Å². The first-order chi connectivity index (χ1) is 8.54. The van der Waals surface area contributed by atoms with Crippen LogP contribution in [0.2, 0.25) is 0 Å². The molecule has 2 aromatic rings. The molecule has 0 saturated carbocycles. The van der Waals surface area contributed by atoms with Crippen LogP contribution in [0.5, 0.6) is 0 Å². The van der Waals surface area contributed by atoms with Gasteiger partial charge in [-0.15, -0.1) is 0 Å². The Bertz CT molecular complexity index is 549. The molecule has 2 rings (SSSR count). The molecule has 0 heterocycles. The van der Waals surface area contributed by atoms with Gasteiger partial charge in [0, 0.05) is 21.2 Å². The van der Waals surface area contributed by atoms with Crippen LogP contribution < -0.4 is 5.32 Å². The molecule has 1 nitrogen and oxygen atoms in total. The van der Waals surface area contributed by atoms with Crippen molar-refractivity contribution < 1.29 is 4.39 Å². The molecular weight excluding hydrogens is 361 g/mol. The number of rotatable bonds is 3. The first-order valence-corrected chi connectivity index (χ1v) is 7.08. The average Bonchev–Trinajstić information content (AvgIpc) is 2.26. The molecule has 18 heavy (non-hydrogen) atoms. The molecular formula is C14H12Br2FN. The van der Waals surface area contributed by atoms with Crippen LogP contribution >= 0.6 is 31.9 Å². The standard InChI is InChI=1S/C14H12Br2FN/c1-9-4-11(15)2-3-14(9)18-8-10-5-12(16)7-13(17)6-10/h2-7,18H,8H2,1H3. The van der Waals surface area contributed by atoms with E-state index in [0.717, 1.165) is 25.8 Å². The zero-order valence-corrected chi connectivity index (χ0v) is 13.0.